The second-order valence-electron chi connectivity index (χ2n) is 7.43. The summed E-state index contributed by atoms with van der Waals surface area (Å²) in [4.78, 5) is 39.1. The second-order valence-corrected chi connectivity index (χ2v) is 7.43. The lowest BCUT2D eigenvalue weighted by Gasteiger charge is -2.29. The average molecular weight is 432 g/mol. The number of benzene rings is 3. The summed E-state index contributed by atoms with van der Waals surface area (Å²) in [6.07, 6.45) is -0.156. The van der Waals surface area contributed by atoms with Crippen LogP contribution in [-0.2, 0) is 16.0 Å². The topological polar surface area (TPSA) is 121 Å². The van der Waals surface area contributed by atoms with Gasteiger partial charge in [-0.05, 0) is 47.9 Å². The molecule has 4 N–H and O–H groups in total. The van der Waals surface area contributed by atoms with Crippen molar-refractivity contribution >= 4 is 17.8 Å². The fraction of sp³-hybridized carbons (Fsp3) is 0.160. The van der Waals surface area contributed by atoms with Gasteiger partial charge in [-0.3, -0.25) is 14.5 Å². The van der Waals surface area contributed by atoms with Gasteiger partial charge in [0.1, 0.15) is 11.8 Å². The zero-order valence-corrected chi connectivity index (χ0v) is 17.5. The number of carbonyl (C=O) groups is 3. The van der Waals surface area contributed by atoms with E-state index in [4.69, 9.17) is 5.73 Å². The molecule has 2 amide bonds. The predicted octanol–water partition coefficient (Wildman–Crippen LogP) is 3.07. The summed E-state index contributed by atoms with van der Waals surface area (Å²) < 4.78 is 0. The fourth-order valence-corrected chi connectivity index (χ4v) is 3.46. The molecule has 0 saturated carbocycles. The Morgan fingerprint density at radius 2 is 1.53 bits per heavy atom. The lowest BCUT2D eigenvalue weighted by atomic mass is 9.93. The highest BCUT2D eigenvalue weighted by molar-refractivity contribution is 6.08. The minimum absolute atomic E-state index is 0.0170. The third kappa shape index (κ3) is 5.01. The smallest absolute Gasteiger partial charge is 0.327 e. The van der Waals surface area contributed by atoms with E-state index >= 15 is 0 Å². The number of carbonyl (C=O) groups excluding carboxylic acids is 2. The van der Waals surface area contributed by atoms with E-state index in [9.17, 15) is 24.6 Å². The van der Waals surface area contributed by atoms with Gasteiger partial charge in [-0.15, -0.1) is 0 Å². The summed E-state index contributed by atoms with van der Waals surface area (Å²) in [7, 11) is 0. The monoisotopic (exact) mass is 432 g/mol. The van der Waals surface area contributed by atoms with Crippen molar-refractivity contribution in [3.63, 3.8) is 0 Å². The molecule has 2 unspecified atom stereocenters. The first-order valence-electron chi connectivity index (χ1n) is 10.1. The molecule has 164 valence electrons. The highest BCUT2D eigenvalue weighted by atomic mass is 16.4. The van der Waals surface area contributed by atoms with Crippen molar-refractivity contribution in [1.82, 2.24) is 4.90 Å². The zero-order valence-electron chi connectivity index (χ0n) is 17.5. The molecule has 0 spiro atoms. The minimum atomic E-state index is -1.49. The molecule has 0 heterocycles. The number of imide groups is 1. The molecule has 0 aromatic heterocycles. The fourth-order valence-electron chi connectivity index (χ4n) is 3.46. The Kier molecular flexibility index (Phi) is 7.02. The van der Waals surface area contributed by atoms with Crippen LogP contribution < -0.4 is 5.73 Å². The number of hydrogen-bond donors (Lipinski definition) is 3. The Hall–Kier alpha value is -3.97. The summed E-state index contributed by atoms with van der Waals surface area (Å²) in [6, 6.07) is 19.1. The van der Waals surface area contributed by atoms with Crippen LogP contribution in [0, 0.1) is 0 Å². The molecule has 7 heteroatoms. The largest absolute Gasteiger partial charge is 0.508 e. The molecular formula is C25H24N2O5. The maximum Gasteiger partial charge on any atom is 0.327 e. The highest BCUT2D eigenvalue weighted by Crippen LogP contribution is 2.29. The number of rotatable bonds is 7. The zero-order chi connectivity index (χ0) is 23.3. The van der Waals surface area contributed by atoms with Crippen LogP contribution in [0.25, 0.3) is 11.1 Å². The van der Waals surface area contributed by atoms with Crippen LogP contribution in [0.2, 0.25) is 0 Å². The number of carboxylic acid groups (broad SMARTS) is 1. The van der Waals surface area contributed by atoms with Crippen LogP contribution in [0.4, 0.5) is 0 Å². The SMILES string of the molecule is CC(N)C(=O)N(C(=O)c1ccccc1)C(Cc1ccc(O)cc1-c1ccccc1)C(=O)O. The first kappa shape index (κ1) is 22.7. The summed E-state index contributed by atoms with van der Waals surface area (Å²) in [6.45, 7) is 1.41. The van der Waals surface area contributed by atoms with Crippen molar-refractivity contribution in [2.75, 3.05) is 0 Å². The van der Waals surface area contributed by atoms with Crippen molar-refractivity contribution < 1.29 is 24.6 Å². The van der Waals surface area contributed by atoms with Gasteiger partial charge in [0.25, 0.3) is 5.91 Å². The van der Waals surface area contributed by atoms with E-state index in [-0.39, 0.29) is 17.7 Å². The molecule has 2 atom stereocenters. The number of aliphatic carboxylic acids is 1. The molecule has 3 aromatic rings. The first-order valence-corrected chi connectivity index (χ1v) is 10.1. The van der Waals surface area contributed by atoms with Gasteiger partial charge in [0.05, 0.1) is 6.04 Å². The normalized spacial score (nSPS) is 12.6. The second kappa shape index (κ2) is 9.89. The standard InChI is InChI=1S/C25H24N2O5/c1-16(26)23(29)27(24(30)18-10-6-3-7-11-18)22(25(31)32)14-19-12-13-20(28)15-21(19)17-8-4-2-5-9-17/h2-13,15-16,22,28H,14,26H2,1H3,(H,31,32). The van der Waals surface area contributed by atoms with Gasteiger partial charge < -0.3 is 15.9 Å². The van der Waals surface area contributed by atoms with Gasteiger partial charge in [-0.1, -0.05) is 54.6 Å². The van der Waals surface area contributed by atoms with Crippen LogP contribution in [0.15, 0.2) is 78.9 Å². The summed E-state index contributed by atoms with van der Waals surface area (Å²) >= 11 is 0. The first-order chi connectivity index (χ1) is 15.3. The number of aromatic hydroxyl groups is 1. The number of nitrogens with zero attached hydrogens (tertiary/aromatic N) is 1. The molecule has 3 rings (SSSR count). The molecule has 32 heavy (non-hydrogen) atoms. The Morgan fingerprint density at radius 1 is 0.938 bits per heavy atom. The van der Waals surface area contributed by atoms with Crippen LogP contribution in [0.3, 0.4) is 0 Å². The van der Waals surface area contributed by atoms with Gasteiger partial charge >= 0.3 is 5.97 Å². The molecular weight excluding hydrogens is 408 g/mol. The van der Waals surface area contributed by atoms with Crippen molar-refractivity contribution in [3.8, 4) is 16.9 Å². The van der Waals surface area contributed by atoms with Crippen LogP contribution in [0.5, 0.6) is 5.75 Å². The van der Waals surface area contributed by atoms with Crippen molar-refractivity contribution in [2.24, 2.45) is 5.73 Å². The van der Waals surface area contributed by atoms with Gasteiger partial charge in [-0.25, -0.2) is 4.79 Å². The van der Waals surface area contributed by atoms with Gasteiger partial charge in [0, 0.05) is 12.0 Å². The lowest BCUT2D eigenvalue weighted by Crippen LogP contribution is -2.54. The summed E-state index contributed by atoms with van der Waals surface area (Å²) in [5.41, 5.74) is 7.87. The van der Waals surface area contributed by atoms with Crippen molar-refractivity contribution in [2.45, 2.75) is 25.4 Å². The molecule has 0 bridgehead atoms. The molecule has 0 radical (unpaired) electrons. The van der Waals surface area contributed by atoms with E-state index in [1.807, 2.05) is 30.3 Å². The van der Waals surface area contributed by atoms with Gasteiger partial charge in [-0.2, -0.15) is 0 Å². The predicted molar refractivity (Wildman–Crippen MR) is 120 cm³/mol. The number of phenols is 1. The number of nitrogens with two attached hydrogens (primary N) is 1. The van der Waals surface area contributed by atoms with Gasteiger partial charge in [0.15, 0.2) is 0 Å². The Labute approximate surface area is 185 Å². The van der Waals surface area contributed by atoms with E-state index < -0.39 is 29.9 Å². The third-order valence-electron chi connectivity index (χ3n) is 5.05. The number of carboxylic acids is 1. The van der Waals surface area contributed by atoms with Crippen LogP contribution in [0.1, 0.15) is 22.8 Å². The molecule has 0 saturated heterocycles. The maximum absolute atomic E-state index is 13.2. The molecule has 7 nitrogen and oxygen atoms in total. The molecule has 3 aromatic carbocycles. The van der Waals surface area contributed by atoms with Crippen LogP contribution >= 0.6 is 0 Å². The average Bonchev–Trinajstić information content (AvgIpc) is 2.80. The maximum atomic E-state index is 13.2. The molecule has 0 aliphatic heterocycles. The lowest BCUT2D eigenvalue weighted by molar-refractivity contribution is -0.148. The minimum Gasteiger partial charge on any atom is -0.508 e. The highest BCUT2D eigenvalue weighted by Gasteiger charge is 2.37. The van der Waals surface area contributed by atoms with Crippen molar-refractivity contribution in [3.05, 3.63) is 90.0 Å². The Balaban J connectivity index is 2.07. The van der Waals surface area contributed by atoms with E-state index in [0.717, 1.165) is 10.5 Å². The Morgan fingerprint density at radius 3 is 2.09 bits per heavy atom. The van der Waals surface area contributed by atoms with Crippen LogP contribution in [-0.4, -0.2) is 45.0 Å². The summed E-state index contributed by atoms with van der Waals surface area (Å²) in [5.74, 6) is -2.84. The van der Waals surface area contributed by atoms with E-state index in [0.29, 0.717) is 11.1 Å². The number of amides is 2. The van der Waals surface area contributed by atoms with Crippen molar-refractivity contribution in [1.29, 1.82) is 0 Å². The van der Waals surface area contributed by atoms with E-state index in [2.05, 4.69) is 0 Å². The van der Waals surface area contributed by atoms with E-state index in [1.165, 1.54) is 31.2 Å². The van der Waals surface area contributed by atoms with E-state index in [1.54, 1.807) is 24.3 Å². The molecule has 0 aliphatic rings. The molecule has 0 aliphatic carbocycles. The number of hydrogen-bond acceptors (Lipinski definition) is 5. The Bertz CT molecular complexity index is 1110. The molecule has 0 fully saturated rings. The quantitative estimate of drug-likeness (QED) is 0.528. The summed E-state index contributed by atoms with van der Waals surface area (Å²) in [5, 5.41) is 20.0. The third-order valence-corrected chi connectivity index (χ3v) is 5.05. The number of phenolic OH excluding ortho intramolecular Hbond substituents is 1. The van der Waals surface area contributed by atoms with Gasteiger partial charge in [0.2, 0.25) is 5.91 Å².